The predicted octanol–water partition coefficient (Wildman–Crippen LogP) is 1.31. The van der Waals surface area contributed by atoms with Crippen molar-refractivity contribution in [2.24, 2.45) is 0 Å². The largest absolute Gasteiger partial charge is 1.00 e. The zero-order valence-corrected chi connectivity index (χ0v) is 14.8. The first-order chi connectivity index (χ1) is 8.01. The van der Waals surface area contributed by atoms with Crippen LogP contribution in [0.5, 0.6) is 0 Å². The zero-order valence-electron chi connectivity index (χ0n) is 12.3. The van der Waals surface area contributed by atoms with E-state index in [9.17, 15) is 4.79 Å². The van der Waals surface area contributed by atoms with Crippen LogP contribution in [-0.2, 0) is 9.53 Å². The van der Waals surface area contributed by atoms with Crippen molar-refractivity contribution in [3.8, 4) is 0 Å². The van der Waals surface area contributed by atoms with E-state index in [1.165, 1.54) is 37.7 Å². The van der Waals surface area contributed by atoms with Crippen LogP contribution in [0.4, 0.5) is 0 Å². The highest BCUT2D eigenvalue weighted by Gasteiger charge is 2.36. The number of esters is 1. The summed E-state index contributed by atoms with van der Waals surface area (Å²) in [7, 11) is -1.07. The Hall–Kier alpha value is 0.120. The number of carbonyl (C=O) groups excluding carboxylic acids is 1. The van der Waals surface area contributed by atoms with Crippen molar-refractivity contribution < 1.29 is 26.5 Å². The number of hydrogen-bond donors (Lipinski definition) is 0. The minimum atomic E-state index is -1.07. The molecular formula is C14H28BrO2P. The third kappa shape index (κ3) is 7.53. The Balaban J connectivity index is 0. The van der Waals surface area contributed by atoms with E-state index >= 15 is 0 Å². The van der Waals surface area contributed by atoms with E-state index < -0.39 is 7.26 Å². The molecule has 0 heterocycles. The van der Waals surface area contributed by atoms with E-state index in [0.717, 1.165) is 0 Å². The lowest BCUT2D eigenvalue weighted by molar-refractivity contribution is -0.136. The molecule has 0 spiro atoms. The molecule has 0 aromatic heterocycles. The smallest absolute Gasteiger partial charge is 0.336 e. The molecule has 0 saturated carbocycles. The van der Waals surface area contributed by atoms with Crippen molar-refractivity contribution in [1.29, 1.82) is 0 Å². The van der Waals surface area contributed by atoms with Crippen molar-refractivity contribution in [3.05, 3.63) is 12.2 Å². The van der Waals surface area contributed by atoms with Gasteiger partial charge in [-0.2, -0.15) is 0 Å². The summed E-state index contributed by atoms with van der Waals surface area (Å²) in [5, 5.41) is 0. The highest BCUT2D eigenvalue weighted by Crippen LogP contribution is 2.60. The summed E-state index contributed by atoms with van der Waals surface area (Å²) >= 11 is 0. The van der Waals surface area contributed by atoms with Gasteiger partial charge in [-0.15, -0.1) is 0 Å². The van der Waals surface area contributed by atoms with Gasteiger partial charge in [-0.1, -0.05) is 27.4 Å². The highest BCUT2D eigenvalue weighted by molar-refractivity contribution is 7.75. The molecule has 0 aromatic carbocycles. The summed E-state index contributed by atoms with van der Waals surface area (Å²) in [6.07, 6.45) is 7.98. The van der Waals surface area contributed by atoms with E-state index in [1.807, 2.05) is 0 Å². The average molecular weight is 339 g/mol. The lowest BCUT2D eigenvalue weighted by atomic mass is 10.4. The predicted molar refractivity (Wildman–Crippen MR) is 78.2 cm³/mol. The second kappa shape index (κ2) is 11.0. The minimum absolute atomic E-state index is 0. The van der Waals surface area contributed by atoms with E-state index in [2.05, 4.69) is 27.4 Å². The monoisotopic (exact) mass is 338 g/mol. The van der Waals surface area contributed by atoms with Gasteiger partial charge in [0.15, 0.2) is 6.35 Å². The quantitative estimate of drug-likeness (QED) is 0.360. The van der Waals surface area contributed by atoms with Crippen LogP contribution in [0.3, 0.4) is 0 Å². The molecule has 0 aromatic rings. The molecule has 0 fully saturated rings. The van der Waals surface area contributed by atoms with Gasteiger partial charge < -0.3 is 21.7 Å². The number of rotatable bonds is 9. The van der Waals surface area contributed by atoms with E-state index in [1.54, 1.807) is 6.92 Å². The summed E-state index contributed by atoms with van der Waals surface area (Å²) < 4.78 is 5.44. The van der Waals surface area contributed by atoms with Crippen molar-refractivity contribution in [2.75, 3.05) is 24.8 Å². The normalized spacial score (nSPS) is 10.7. The van der Waals surface area contributed by atoms with Crippen molar-refractivity contribution in [2.45, 2.75) is 47.0 Å². The fourth-order valence-corrected chi connectivity index (χ4v) is 6.57. The molecule has 108 valence electrons. The summed E-state index contributed by atoms with van der Waals surface area (Å²) in [5.74, 6) is -0.224. The lowest BCUT2D eigenvalue weighted by Gasteiger charge is -2.26. The molecule has 0 aliphatic rings. The summed E-state index contributed by atoms with van der Waals surface area (Å²) in [6, 6.07) is 0. The fraction of sp³-hybridized carbons (Fsp3) is 0.786. The third-order valence-electron chi connectivity index (χ3n) is 2.91. The Bertz CT molecular complexity index is 237. The molecule has 0 atom stereocenters. The van der Waals surface area contributed by atoms with Gasteiger partial charge in [0.25, 0.3) is 0 Å². The SMILES string of the molecule is C=C(C)C(=O)OC[P+](CCC)(CCC)CCC.[Br-]. The van der Waals surface area contributed by atoms with Crippen LogP contribution < -0.4 is 17.0 Å². The molecule has 0 amide bonds. The molecule has 0 aliphatic carbocycles. The third-order valence-corrected chi connectivity index (χ3v) is 7.78. The molecule has 0 bridgehead atoms. The Morgan fingerprint density at radius 2 is 1.44 bits per heavy atom. The highest BCUT2D eigenvalue weighted by atomic mass is 79.9. The van der Waals surface area contributed by atoms with Crippen LogP contribution in [0.15, 0.2) is 12.2 Å². The van der Waals surface area contributed by atoms with Gasteiger partial charge in [-0.25, -0.2) is 4.79 Å². The topological polar surface area (TPSA) is 26.3 Å². The van der Waals surface area contributed by atoms with Crippen LogP contribution in [0, 0.1) is 0 Å². The van der Waals surface area contributed by atoms with Gasteiger partial charge in [0.05, 0.1) is 25.7 Å². The van der Waals surface area contributed by atoms with Gasteiger partial charge in [0, 0.05) is 5.57 Å². The van der Waals surface area contributed by atoms with Crippen LogP contribution in [-0.4, -0.2) is 30.8 Å². The number of ether oxygens (including phenoxy) is 1. The average Bonchev–Trinajstić information content (AvgIpc) is 2.27. The molecular weight excluding hydrogens is 311 g/mol. The maximum atomic E-state index is 11.5. The van der Waals surface area contributed by atoms with E-state index in [0.29, 0.717) is 11.9 Å². The van der Waals surface area contributed by atoms with Gasteiger partial charge in [-0.3, -0.25) is 0 Å². The van der Waals surface area contributed by atoms with Gasteiger partial charge in [0.2, 0.25) is 0 Å². The Labute approximate surface area is 124 Å². The first kappa shape index (κ1) is 20.4. The first-order valence-electron chi connectivity index (χ1n) is 6.69. The molecule has 0 saturated heterocycles. The number of carbonyl (C=O) groups is 1. The van der Waals surface area contributed by atoms with Crippen LogP contribution >= 0.6 is 7.26 Å². The standard InChI is InChI=1S/C14H28O2P.BrH/c1-6-9-17(10-7-2,11-8-3)12-16-14(15)13(4)5;/h4,6-12H2,1-3,5H3;1H/q+1;/p-1. The van der Waals surface area contributed by atoms with Crippen LogP contribution in [0.2, 0.25) is 0 Å². The second-order valence-corrected chi connectivity index (χ2v) is 9.14. The zero-order chi connectivity index (χ0) is 13.3. The van der Waals surface area contributed by atoms with Crippen molar-refractivity contribution in [3.63, 3.8) is 0 Å². The van der Waals surface area contributed by atoms with Gasteiger partial charge in [0.1, 0.15) is 0 Å². The Morgan fingerprint density at radius 3 is 1.72 bits per heavy atom. The molecule has 4 heteroatoms. The van der Waals surface area contributed by atoms with Gasteiger partial charge >= 0.3 is 5.97 Å². The number of halogens is 1. The molecule has 18 heavy (non-hydrogen) atoms. The van der Waals surface area contributed by atoms with E-state index in [-0.39, 0.29) is 23.0 Å². The summed E-state index contributed by atoms with van der Waals surface area (Å²) in [5.41, 5.74) is 0.507. The maximum Gasteiger partial charge on any atom is 0.336 e. The first-order valence-corrected chi connectivity index (χ1v) is 9.22. The molecule has 0 aliphatic heterocycles. The molecule has 0 N–H and O–H groups in total. The fourth-order valence-electron chi connectivity index (χ4n) is 2.27. The molecule has 0 unspecified atom stereocenters. The maximum absolute atomic E-state index is 11.5. The molecule has 0 radical (unpaired) electrons. The second-order valence-electron chi connectivity index (χ2n) is 4.85. The van der Waals surface area contributed by atoms with Gasteiger partial charge in [-0.05, 0) is 26.2 Å². The Morgan fingerprint density at radius 1 is 1.06 bits per heavy atom. The van der Waals surface area contributed by atoms with Crippen molar-refractivity contribution >= 4 is 13.2 Å². The van der Waals surface area contributed by atoms with Crippen molar-refractivity contribution in [1.82, 2.24) is 0 Å². The summed E-state index contributed by atoms with van der Waals surface area (Å²) in [4.78, 5) is 11.5. The molecule has 2 nitrogen and oxygen atoms in total. The minimum Gasteiger partial charge on any atom is -1.00 e. The van der Waals surface area contributed by atoms with Crippen LogP contribution in [0.1, 0.15) is 47.0 Å². The van der Waals surface area contributed by atoms with E-state index in [4.69, 9.17) is 4.74 Å². The number of hydrogen-bond acceptors (Lipinski definition) is 2. The Kier molecular flexibility index (Phi) is 12.5. The lowest BCUT2D eigenvalue weighted by Crippen LogP contribution is -3.00. The molecule has 0 rings (SSSR count). The van der Waals surface area contributed by atoms with Crippen LogP contribution in [0.25, 0.3) is 0 Å². The summed E-state index contributed by atoms with van der Waals surface area (Å²) in [6.45, 7) is 12.0.